The average molecular weight is 426 g/mol. The zero-order chi connectivity index (χ0) is 19.6. The largest absolute Gasteiger partial charge is 0.491 e. The number of nitrogens with two attached hydrogens (primary N) is 1. The molecular formula is C17H13ClFN3O3S2. The van der Waals surface area contributed by atoms with E-state index < -0.39 is 15.8 Å². The summed E-state index contributed by atoms with van der Waals surface area (Å²) in [5, 5.41) is 9.57. The molecule has 1 heterocycles. The van der Waals surface area contributed by atoms with Gasteiger partial charge in [0.2, 0.25) is 0 Å². The predicted molar refractivity (Wildman–Crippen MR) is 103 cm³/mol. The zero-order valence-corrected chi connectivity index (χ0v) is 16.1. The van der Waals surface area contributed by atoms with E-state index in [1.54, 1.807) is 18.2 Å². The molecule has 10 heteroatoms. The van der Waals surface area contributed by atoms with Crippen molar-refractivity contribution in [2.75, 3.05) is 17.9 Å². The lowest BCUT2D eigenvalue weighted by Crippen LogP contribution is -2.11. The van der Waals surface area contributed by atoms with Crippen molar-refractivity contribution in [1.82, 2.24) is 0 Å². The van der Waals surface area contributed by atoms with Crippen molar-refractivity contribution in [3.63, 3.8) is 0 Å². The van der Waals surface area contributed by atoms with Crippen LogP contribution in [-0.4, -0.2) is 21.6 Å². The minimum atomic E-state index is -3.96. The summed E-state index contributed by atoms with van der Waals surface area (Å²) in [5.74, 6) is -0.391. The number of nitrogens with one attached hydrogen (secondary N) is 1. The van der Waals surface area contributed by atoms with Crippen LogP contribution in [0.15, 0.2) is 40.6 Å². The van der Waals surface area contributed by atoms with Crippen LogP contribution in [0.5, 0.6) is 5.75 Å². The number of rotatable bonds is 6. The summed E-state index contributed by atoms with van der Waals surface area (Å²) >= 11 is 7.32. The lowest BCUT2D eigenvalue weighted by atomic mass is 10.2. The fourth-order valence-corrected chi connectivity index (χ4v) is 5.10. The van der Waals surface area contributed by atoms with Gasteiger partial charge in [0.05, 0.1) is 16.3 Å². The Bertz CT molecular complexity index is 1160. The molecule has 0 fully saturated rings. The van der Waals surface area contributed by atoms with Crippen molar-refractivity contribution < 1.29 is 17.5 Å². The normalized spacial score (nSPS) is 11.3. The van der Waals surface area contributed by atoms with Gasteiger partial charge in [-0.05, 0) is 36.4 Å². The monoisotopic (exact) mass is 425 g/mol. The molecule has 0 radical (unpaired) electrons. The third kappa shape index (κ3) is 3.99. The maximum absolute atomic E-state index is 13.7. The summed E-state index contributed by atoms with van der Waals surface area (Å²) in [4.78, 5) is 0. The van der Waals surface area contributed by atoms with E-state index in [1.807, 2.05) is 0 Å². The van der Waals surface area contributed by atoms with Gasteiger partial charge in [0.25, 0.3) is 10.0 Å². The van der Waals surface area contributed by atoms with Crippen LogP contribution in [-0.2, 0) is 10.0 Å². The molecule has 0 aliphatic heterocycles. The Kier molecular flexibility index (Phi) is 5.53. The lowest BCUT2D eigenvalue weighted by molar-refractivity contribution is 0.329. The van der Waals surface area contributed by atoms with Gasteiger partial charge in [-0.25, -0.2) is 12.8 Å². The van der Waals surface area contributed by atoms with E-state index in [-0.39, 0.29) is 22.1 Å². The first-order valence-electron chi connectivity index (χ1n) is 7.63. The number of nitrogens with zero attached hydrogens (tertiary/aromatic N) is 1. The molecule has 3 N–H and O–H groups in total. The quantitative estimate of drug-likeness (QED) is 0.626. The number of nitriles is 1. The molecule has 2 aromatic carbocycles. The second-order valence-electron chi connectivity index (χ2n) is 5.40. The summed E-state index contributed by atoms with van der Waals surface area (Å²) in [6, 6.07) is 9.94. The smallest absolute Gasteiger partial charge is 0.271 e. The highest BCUT2D eigenvalue weighted by Gasteiger charge is 2.20. The minimum Gasteiger partial charge on any atom is -0.491 e. The Morgan fingerprint density at radius 2 is 2.07 bits per heavy atom. The maximum atomic E-state index is 13.7. The number of benzene rings is 2. The molecule has 6 nitrogen and oxygen atoms in total. The van der Waals surface area contributed by atoms with Crippen LogP contribution in [0, 0.1) is 17.1 Å². The molecule has 0 saturated heterocycles. The topological polar surface area (TPSA) is 105 Å². The van der Waals surface area contributed by atoms with Crippen LogP contribution < -0.4 is 15.2 Å². The molecule has 1 aromatic heterocycles. The van der Waals surface area contributed by atoms with Crippen LogP contribution in [0.3, 0.4) is 0 Å². The molecule has 0 aliphatic rings. The molecule has 0 saturated carbocycles. The van der Waals surface area contributed by atoms with Crippen LogP contribution in [0.4, 0.5) is 10.1 Å². The van der Waals surface area contributed by atoms with Crippen molar-refractivity contribution >= 4 is 48.7 Å². The summed E-state index contributed by atoms with van der Waals surface area (Å²) in [7, 11) is -3.96. The fraction of sp³-hybridized carbons (Fsp3) is 0.118. The third-order valence-corrected chi connectivity index (χ3v) is 6.90. The van der Waals surface area contributed by atoms with Gasteiger partial charge in [0, 0.05) is 16.6 Å². The second-order valence-corrected chi connectivity index (χ2v) is 8.77. The van der Waals surface area contributed by atoms with Crippen molar-refractivity contribution in [2.24, 2.45) is 5.73 Å². The average Bonchev–Trinajstić information content (AvgIpc) is 3.07. The molecule has 0 unspecified atom stereocenters. The molecule has 0 spiro atoms. The van der Waals surface area contributed by atoms with Crippen LogP contribution in [0.25, 0.3) is 10.1 Å². The van der Waals surface area contributed by atoms with Crippen LogP contribution in [0.2, 0.25) is 5.02 Å². The molecule has 3 rings (SSSR count). The molecule has 0 amide bonds. The van der Waals surface area contributed by atoms with Crippen molar-refractivity contribution in [3.05, 3.63) is 52.8 Å². The summed E-state index contributed by atoms with van der Waals surface area (Å²) < 4.78 is 47.4. The Balaban J connectivity index is 1.95. The van der Waals surface area contributed by atoms with E-state index in [9.17, 15) is 12.8 Å². The van der Waals surface area contributed by atoms with Gasteiger partial charge in [-0.1, -0.05) is 11.6 Å². The number of fused-ring (bicyclic) bond motifs is 1. The summed E-state index contributed by atoms with van der Waals surface area (Å²) in [6.45, 7) is 0.606. The van der Waals surface area contributed by atoms with E-state index in [4.69, 9.17) is 27.3 Å². The van der Waals surface area contributed by atoms with Gasteiger partial charge < -0.3 is 10.5 Å². The summed E-state index contributed by atoms with van der Waals surface area (Å²) in [5.41, 5.74) is 5.25. The van der Waals surface area contributed by atoms with Gasteiger partial charge in [0.1, 0.15) is 28.5 Å². The first kappa shape index (κ1) is 19.4. The van der Waals surface area contributed by atoms with E-state index in [0.29, 0.717) is 27.4 Å². The van der Waals surface area contributed by atoms with E-state index in [0.717, 1.165) is 17.4 Å². The predicted octanol–water partition coefficient (Wildman–Crippen LogP) is 3.70. The zero-order valence-electron chi connectivity index (χ0n) is 13.7. The molecule has 27 heavy (non-hydrogen) atoms. The SMILES string of the molecule is N#Cc1ccc(NS(=O)(=O)c2cc3c(Cl)c(OCCN)ccc3s2)cc1F. The number of ether oxygens (including phenoxy) is 1. The van der Waals surface area contributed by atoms with E-state index in [2.05, 4.69) is 4.72 Å². The lowest BCUT2D eigenvalue weighted by Gasteiger charge is -2.07. The number of sulfonamides is 1. The number of hydrogen-bond acceptors (Lipinski definition) is 6. The number of anilines is 1. The standard InChI is InChI=1S/C17H13ClFN3O3S2/c18-17-12-8-16(26-15(12)4-3-14(17)25-6-5-20)27(23,24)22-11-2-1-10(9-21)13(19)7-11/h1-4,7-8,22H,5-6,20H2. The van der Waals surface area contributed by atoms with Crippen molar-refractivity contribution in [2.45, 2.75) is 4.21 Å². The Hall–Kier alpha value is -2.38. The van der Waals surface area contributed by atoms with E-state index in [1.165, 1.54) is 18.2 Å². The minimum absolute atomic E-state index is 0.0140. The highest BCUT2D eigenvalue weighted by atomic mass is 35.5. The van der Waals surface area contributed by atoms with Gasteiger partial charge in [-0.3, -0.25) is 4.72 Å². The number of hydrogen-bond donors (Lipinski definition) is 2. The molecule has 0 atom stereocenters. The first-order chi connectivity index (χ1) is 12.9. The van der Waals surface area contributed by atoms with Crippen LogP contribution >= 0.6 is 22.9 Å². The highest BCUT2D eigenvalue weighted by molar-refractivity contribution is 7.94. The van der Waals surface area contributed by atoms with Gasteiger partial charge in [-0.15, -0.1) is 11.3 Å². The third-order valence-electron chi connectivity index (χ3n) is 3.56. The molecule has 0 bridgehead atoms. The Morgan fingerprint density at radius 1 is 1.30 bits per heavy atom. The number of halogens is 2. The summed E-state index contributed by atoms with van der Waals surface area (Å²) in [6.07, 6.45) is 0. The first-order valence-corrected chi connectivity index (χ1v) is 10.3. The van der Waals surface area contributed by atoms with Gasteiger partial charge in [-0.2, -0.15) is 5.26 Å². The van der Waals surface area contributed by atoms with Gasteiger partial charge in [0.15, 0.2) is 0 Å². The second kappa shape index (κ2) is 7.70. The van der Waals surface area contributed by atoms with Gasteiger partial charge >= 0.3 is 0 Å². The fourth-order valence-electron chi connectivity index (χ4n) is 2.32. The Morgan fingerprint density at radius 3 is 2.74 bits per heavy atom. The molecule has 3 aromatic rings. The van der Waals surface area contributed by atoms with Crippen LogP contribution in [0.1, 0.15) is 5.56 Å². The number of thiophene rings is 1. The van der Waals surface area contributed by atoms with Crippen molar-refractivity contribution in [1.29, 1.82) is 5.26 Å². The van der Waals surface area contributed by atoms with Crippen molar-refractivity contribution in [3.8, 4) is 11.8 Å². The van der Waals surface area contributed by atoms with E-state index >= 15 is 0 Å². The Labute approximate surface area is 164 Å². The molecular weight excluding hydrogens is 413 g/mol. The highest BCUT2D eigenvalue weighted by Crippen LogP contribution is 2.39. The maximum Gasteiger partial charge on any atom is 0.271 e. The molecule has 140 valence electrons. The molecule has 0 aliphatic carbocycles.